The first-order chi connectivity index (χ1) is 9.97. The summed E-state index contributed by atoms with van der Waals surface area (Å²) in [4.78, 5) is 26.4. The van der Waals surface area contributed by atoms with Gasteiger partial charge in [0.25, 0.3) is 0 Å². The summed E-state index contributed by atoms with van der Waals surface area (Å²) in [7, 11) is 3.88. The normalized spacial score (nSPS) is 18.2. The summed E-state index contributed by atoms with van der Waals surface area (Å²) < 4.78 is 5.09. The second-order valence-electron chi connectivity index (χ2n) is 5.02. The topological polar surface area (TPSA) is 82.1 Å². The van der Waals surface area contributed by atoms with Gasteiger partial charge < -0.3 is 25.0 Å². The third kappa shape index (κ3) is 3.85. The van der Waals surface area contributed by atoms with Crippen LogP contribution >= 0.6 is 0 Å². The number of rotatable bonds is 3. The monoisotopic (exact) mass is 293 g/mol. The molecule has 2 N–H and O–H groups in total. The van der Waals surface area contributed by atoms with Gasteiger partial charge in [0.1, 0.15) is 0 Å². The van der Waals surface area contributed by atoms with Crippen LogP contribution in [0.15, 0.2) is 24.3 Å². The maximum absolute atomic E-state index is 12.1. The lowest BCUT2D eigenvalue weighted by atomic mass is 10.2. The van der Waals surface area contributed by atoms with E-state index in [1.54, 1.807) is 0 Å². The number of urea groups is 1. The van der Waals surface area contributed by atoms with Crippen LogP contribution in [0.1, 0.15) is 0 Å². The number of hydrogen-bond acceptors (Lipinski definition) is 4. The maximum atomic E-state index is 12.1. The fourth-order valence-corrected chi connectivity index (χ4v) is 2.03. The van der Waals surface area contributed by atoms with Crippen molar-refractivity contribution in [3.8, 4) is 0 Å². The van der Waals surface area contributed by atoms with Gasteiger partial charge in [0.05, 0.1) is 13.2 Å². The zero-order valence-corrected chi connectivity index (χ0v) is 12.1. The lowest BCUT2D eigenvalue weighted by Crippen LogP contribution is -2.49. The van der Waals surface area contributed by atoms with Crippen LogP contribution in [-0.2, 0) is 9.53 Å². The molecule has 1 aliphatic heterocycles. The summed E-state index contributed by atoms with van der Waals surface area (Å²) in [6, 6.07) is 7.09. The molecule has 1 fully saturated rings. The number of nitrogens with one attached hydrogen (secondary N) is 1. The largest absolute Gasteiger partial charge is 0.479 e. The number of nitrogens with zero attached hydrogens (tertiary/aromatic N) is 2. The molecule has 0 saturated carbocycles. The van der Waals surface area contributed by atoms with Gasteiger partial charge in [-0.05, 0) is 24.3 Å². The minimum atomic E-state index is -1.05. The first kappa shape index (κ1) is 15.1. The minimum Gasteiger partial charge on any atom is -0.479 e. The third-order valence-electron chi connectivity index (χ3n) is 3.26. The molecule has 21 heavy (non-hydrogen) atoms. The first-order valence-corrected chi connectivity index (χ1v) is 6.65. The maximum Gasteiger partial charge on any atom is 0.334 e. The van der Waals surface area contributed by atoms with Crippen molar-refractivity contribution in [2.24, 2.45) is 0 Å². The highest BCUT2D eigenvalue weighted by molar-refractivity contribution is 5.90. The van der Waals surface area contributed by atoms with Crippen molar-refractivity contribution in [3.05, 3.63) is 24.3 Å². The number of morpholine rings is 1. The van der Waals surface area contributed by atoms with Crippen molar-refractivity contribution >= 4 is 23.4 Å². The molecule has 1 aromatic carbocycles. The van der Waals surface area contributed by atoms with Crippen LogP contribution in [0.5, 0.6) is 0 Å². The summed E-state index contributed by atoms with van der Waals surface area (Å²) in [6.07, 6.45) is -0.958. The summed E-state index contributed by atoms with van der Waals surface area (Å²) in [5.74, 6) is -1.05. The lowest BCUT2D eigenvalue weighted by molar-refractivity contribution is -0.154. The standard InChI is InChI=1S/C14H19N3O4/c1-16(2)11-5-3-10(4-6-11)15-14(20)17-7-8-21-12(9-17)13(18)19/h3-6,12H,7-9H2,1-2H3,(H,15,20)(H,18,19). The minimum absolute atomic E-state index is 0.0525. The van der Waals surface area contributed by atoms with Gasteiger partial charge in [-0.25, -0.2) is 9.59 Å². The summed E-state index contributed by atoms with van der Waals surface area (Å²) in [6.45, 7) is 0.659. The number of carboxylic acid groups (broad SMARTS) is 1. The fourth-order valence-electron chi connectivity index (χ4n) is 2.03. The Balaban J connectivity index is 1.96. The Morgan fingerprint density at radius 2 is 2.00 bits per heavy atom. The Kier molecular flexibility index (Phi) is 4.64. The Bertz CT molecular complexity index is 515. The van der Waals surface area contributed by atoms with Crippen molar-refractivity contribution in [2.75, 3.05) is 44.0 Å². The van der Waals surface area contributed by atoms with E-state index in [0.717, 1.165) is 5.69 Å². The van der Waals surface area contributed by atoms with Crippen LogP contribution in [0.2, 0.25) is 0 Å². The molecule has 0 spiro atoms. The van der Waals surface area contributed by atoms with Crippen molar-refractivity contribution in [3.63, 3.8) is 0 Å². The molecule has 0 bridgehead atoms. The highest BCUT2D eigenvalue weighted by Crippen LogP contribution is 2.16. The van der Waals surface area contributed by atoms with Gasteiger partial charge in [-0.3, -0.25) is 0 Å². The predicted octanol–water partition coefficient (Wildman–Crippen LogP) is 1.07. The third-order valence-corrected chi connectivity index (χ3v) is 3.26. The summed E-state index contributed by atoms with van der Waals surface area (Å²) in [5, 5.41) is 11.7. The molecule has 0 aliphatic carbocycles. The van der Waals surface area contributed by atoms with Gasteiger partial charge in [0.15, 0.2) is 6.10 Å². The average Bonchev–Trinajstić information content (AvgIpc) is 2.48. The van der Waals surface area contributed by atoms with Gasteiger partial charge in [0, 0.05) is 32.0 Å². The Morgan fingerprint density at radius 1 is 1.33 bits per heavy atom. The number of amides is 2. The number of anilines is 2. The van der Waals surface area contributed by atoms with E-state index in [4.69, 9.17) is 9.84 Å². The molecule has 1 heterocycles. The van der Waals surface area contributed by atoms with Gasteiger partial charge in [-0.15, -0.1) is 0 Å². The van der Waals surface area contributed by atoms with E-state index >= 15 is 0 Å². The second-order valence-corrected chi connectivity index (χ2v) is 5.02. The number of hydrogen-bond donors (Lipinski definition) is 2. The number of ether oxygens (including phenoxy) is 1. The van der Waals surface area contributed by atoms with Crippen LogP contribution < -0.4 is 10.2 Å². The van der Waals surface area contributed by atoms with Gasteiger partial charge in [0.2, 0.25) is 0 Å². The molecule has 2 rings (SSSR count). The molecule has 1 unspecified atom stereocenters. The quantitative estimate of drug-likeness (QED) is 0.871. The van der Waals surface area contributed by atoms with E-state index in [1.165, 1.54) is 4.90 Å². The molecule has 0 radical (unpaired) electrons. The molecule has 7 nitrogen and oxygen atoms in total. The number of carbonyl (C=O) groups is 2. The fraction of sp³-hybridized carbons (Fsp3) is 0.429. The van der Waals surface area contributed by atoms with E-state index in [9.17, 15) is 9.59 Å². The lowest BCUT2D eigenvalue weighted by Gasteiger charge is -2.30. The molecule has 1 atom stereocenters. The van der Waals surface area contributed by atoms with Crippen LogP contribution in [0.4, 0.5) is 16.2 Å². The highest BCUT2D eigenvalue weighted by Gasteiger charge is 2.28. The predicted molar refractivity (Wildman–Crippen MR) is 78.7 cm³/mol. The van der Waals surface area contributed by atoms with Crippen LogP contribution in [0.25, 0.3) is 0 Å². The number of aliphatic carboxylic acids is 1. The molecular formula is C14H19N3O4. The molecule has 7 heteroatoms. The van der Waals surface area contributed by atoms with Crippen LogP contribution in [0.3, 0.4) is 0 Å². The molecule has 2 amide bonds. The van der Waals surface area contributed by atoms with Gasteiger partial charge in [-0.1, -0.05) is 0 Å². The van der Waals surface area contributed by atoms with E-state index < -0.39 is 12.1 Å². The Labute approximate surface area is 123 Å². The van der Waals surface area contributed by atoms with E-state index in [0.29, 0.717) is 12.2 Å². The van der Waals surface area contributed by atoms with Gasteiger partial charge >= 0.3 is 12.0 Å². The van der Waals surface area contributed by atoms with Crippen LogP contribution in [0, 0.1) is 0 Å². The van der Waals surface area contributed by atoms with E-state index in [1.807, 2.05) is 43.3 Å². The SMILES string of the molecule is CN(C)c1ccc(NC(=O)N2CCOC(C(=O)O)C2)cc1. The zero-order valence-electron chi connectivity index (χ0n) is 12.1. The van der Waals surface area contributed by atoms with Crippen molar-refractivity contribution < 1.29 is 19.4 Å². The first-order valence-electron chi connectivity index (χ1n) is 6.65. The molecule has 1 aliphatic rings. The van der Waals surface area contributed by atoms with Crippen molar-refractivity contribution in [1.82, 2.24) is 4.90 Å². The number of benzene rings is 1. The Morgan fingerprint density at radius 3 is 2.57 bits per heavy atom. The molecule has 1 aromatic rings. The smallest absolute Gasteiger partial charge is 0.334 e. The summed E-state index contributed by atoms with van der Waals surface area (Å²) in [5.41, 5.74) is 1.70. The van der Waals surface area contributed by atoms with Crippen molar-refractivity contribution in [1.29, 1.82) is 0 Å². The zero-order chi connectivity index (χ0) is 15.4. The van der Waals surface area contributed by atoms with Crippen molar-refractivity contribution in [2.45, 2.75) is 6.10 Å². The Hall–Kier alpha value is -2.28. The van der Waals surface area contributed by atoms with E-state index in [-0.39, 0.29) is 19.2 Å². The number of carbonyl (C=O) groups excluding carboxylic acids is 1. The molecule has 1 saturated heterocycles. The highest BCUT2D eigenvalue weighted by atomic mass is 16.5. The second kappa shape index (κ2) is 6.45. The number of carboxylic acids is 1. The molecule has 0 aromatic heterocycles. The molecule has 114 valence electrons. The van der Waals surface area contributed by atoms with E-state index in [2.05, 4.69) is 5.32 Å². The van der Waals surface area contributed by atoms with Crippen LogP contribution in [-0.4, -0.2) is 61.9 Å². The summed E-state index contributed by atoms with van der Waals surface area (Å²) >= 11 is 0. The molecular weight excluding hydrogens is 274 g/mol. The average molecular weight is 293 g/mol. The van der Waals surface area contributed by atoms with Gasteiger partial charge in [-0.2, -0.15) is 0 Å².